The van der Waals surface area contributed by atoms with Gasteiger partial charge in [0.15, 0.2) is 11.5 Å². The first-order chi connectivity index (χ1) is 12.7. The number of phenols is 1. The second-order valence-electron chi connectivity index (χ2n) is 6.73. The third-order valence-corrected chi connectivity index (χ3v) is 5.14. The van der Waals surface area contributed by atoms with Crippen LogP contribution in [0.2, 0.25) is 0 Å². The first-order valence-electron chi connectivity index (χ1n) is 8.90. The van der Waals surface area contributed by atoms with Crippen molar-refractivity contribution in [1.29, 1.82) is 0 Å². The first kappa shape index (κ1) is 16.5. The molecule has 2 aromatic carbocycles. The second kappa shape index (κ2) is 6.75. The molecule has 1 atom stereocenters. The first-order valence-corrected chi connectivity index (χ1v) is 8.90. The third kappa shape index (κ3) is 2.90. The van der Waals surface area contributed by atoms with E-state index in [4.69, 9.17) is 4.74 Å². The summed E-state index contributed by atoms with van der Waals surface area (Å²) in [6.45, 7) is 0.404. The minimum atomic E-state index is -0.148. The van der Waals surface area contributed by atoms with E-state index in [2.05, 4.69) is 22.4 Å². The fraction of sp³-hybridized carbons (Fsp3) is 0.286. The van der Waals surface area contributed by atoms with E-state index in [9.17, 15) is 9.90 Å². The van der Waals surface area contributed by atoms with Crippen molar-refractivity contribution < 1.29 is 14.6 Å². The molecule has 0 aliphatic heterocycles. The Kier molecular flexibility index (Phi) is 4.29. The maximum Gasteiger partial charge on any atom is 0.229 e. The van der Waals surface area contributed by atoms with Gasteiger partial charge in [-0.2, -0.15) is 0 Å². The van der Waals surface area contributed by atoms with E-state index in [1.807, 2.05) is 12.1 Å². The molecule has 1 heterocycles. The van der Waals surface area contributed by atoms with Crippen LogP contribution in [0, 0.1) is 0 Å². The van der Waals surface area contributed by atoms with Gasteiger partial charge in [0.2, 0.25) is 5.91 Å². The number of aromatic amines is 1. The molecule has 3 N–H and O–H groups in total. The summed E-state index contributed by atoms with van der Waals surface area (Å²) < 4.78 is 5.12. The fourth-order valence-electron chi connectivity index (χ4n) is 3.82. The average Bonchev–Trinajstić information content (AvgIpc) is 3.06. The lowest BCUT2D eigenvalue weighted by atomic mass is 9.86. The number of fused-ring (bicyclic) bond motifs is 3. The number of phenolic OH excluding ortho intramolecular Hbond substituents is 1. The van der Waals surface area contributed by atoms with E-state index in [1.54, 1.807) is 18.2 Å². The van der Waals surface area contributed by atoms with Crippen LogP contribution in [-0.4, -0.2) is 23.1 Å². The highest BCUT2D eigenvalue weighted by Crippen LogP contribution is 2.36. The highest BCUT2D eigenvalue weighted by molar-refractivity contribution is 5.90. The quantitative estimate of drug-likeness (QED) is 0.673. The van der Waals surface area contributed by atoms with Gasteiger partial charge in [0, 0.05) is 23.1 Å². The highest BCUT2D eigenvalue weighted by atomic mass is 16.5. The number of benzene rings is 2. The summed E-state index contributed by atoms with van der Waals surface area (Å²) in [5.41, 5.74) is 4.32. The van der Waals surface area contributed by atoms with Gasteiger partial charge >= 0.3 is 0 Å². The molecule has 1 aromatic heterocycles. The van der Waals surface area contributed by atoms with Crippen LogP contribution >= 0.6 is 0 Å². The smallest absolute Gasteiger partial charge is 0.229 e. The van der Waals surface area contributed by atoms with Crippen molar-refractivity contribution in [2.75, 3.05) is 7.11 Å². The molecule has 0 bridgehead atoms. The van der Waals surface area contributed by atoms with Crippen LogP contribution in [0.25, 0.3) is 10.9 Å². The molecule has 1 aliphatic carbocycles. The molecule has 0 saturated heterocycles. The van der Waals surface area contributed by atoms with Gasteiger partial charge in [-0.15, -0.1) is 0 Å². The van der Waals surface area contributed by atoms with Gasteiger partial charge in [-0.1, -0.05) is 24.3 Å². The maximum atomic E-state index is 12.8. The third-order valence-electron chi connectivity index (χ3n) is 5.14. The summed E-state index contributed by atoms with van der Waals surface area (Å²) in [5, 5.41) is 13.9. The van der Waals surface area contributed by atoms with Gasteiger partial charge in [0.25, 0.3) is 0 Å². The van der Waals surface area contributed by atoms with Crippen LogP contribution in [-0.2, 0) is 17.8 Å². The summed E-state index contributed by atoms with van der Waals surface area (Å²) >= 11 is 0. The summed E-state index contributed by atoms with van der Waals surface area (Å²) in [6, 6.07) is 13.3. The summed E-state index contributed by atoms with van der Waals surface area (Å²) in [6.07, 6.45) is 2.88. The van der Waals surface area contributed by atoms with Crippen molar-refractivity contribution in [1.82, 2.24) is 10.3 Å². The summed E-state index contributed by atoms with van der Waals surface area (Å²) in [4.78, 5) is 16.3. The van der Waals surface area contributed by atoms with Crippen LogP contribution in [0.1, 0.15) is 35.6 Å². The van der Waals surface area contributed by atoms with Gasteiger partial charge in [0.05, 0.1) is 13.0 Å². The molecule has 0 fully saturated rings. The molecule has 3 aromatic rings. The Morgan fingerprint density at radius 3 is 3.00 bits per heavy atom. The van der Waals surface area contributed by atoms with Crippen molar-refractivity contribution in [3.8, 4) is 11.5 Å². The summed E-state index contributed by atoms with van der Waals surface area (Å²) in [7, 11) is 1.51. The number of amides is 1. The Bertz CT molecular complexity index is 961. The monoisotopic (exact) mass is 350 g/mol. The van der Waals surface area contributed by atoms with E-state index < -0.39 is 0 Å². The zero-order valence-corrected chi connectivity index (χ0v) is 14.7. The Labute approximate surface area is 152 Å². The summed E-state index contributed by atoms with van der Waals surface area (Å²) in [5.74, 6) is 0.389. The van der Waals surface area contributed by atoms with E-state index >= 15 is 0 Å². The van der Waals surface area contributed by atoms with E-state index in [0.29, 0.717) is 12.3 Å². The molecule has 26 heavy (non-hydrogen) atoms. The Balaban J connectivity index is 1.53. The largest absolute Gasteiger partial charge is 0.504 e. The molecule has 5 heteroatoms. The van der Waals surface area contributed by atoms with Crippen LogP contribution in [0.5, 0.6) is 11.5 Å². The molecule has 1 aliphatic rings. The molecular formula is C21H22N2O3. The number of aryl methyl sites for hydroxylation is 1. The van der Waals surface area contributed by atoms with E-state index in [1.165, 1.54) is 18.1 Å². The standard InChI is InChI=1S/C21H22N2O3/c1-26-19-11-13(9-10-18(19)24)12-22-21(25)16-7-4-6-15-14-5-2-3-8-17(14)23-20(15)16/h2-3,5,8-11,16,23-24H,4,6-7,12H2,1H3,(H,22,25). The lowest BCUT2D eigenvalue weighted by molar-refractivity contribution is -0.123. The number of para-hydroxylation sites is 1. The van der Waals surface area contributed by atoms with E-state index in [0.717, 1.165) is 36.0 Å². The van der Waals surface area contributed by atoms with Gasteiger partial charge in [-0.05, 0) is 48.6 Å². The number of methoxy groups -OCH3 is 1. The molecule has 0 spiro atoms. The molecule has 5 nitrogen and oxygen atoms in total. The number of hydrogen-bond donors (Lipinski definition) is 3. The molecule has 1 amide bonds. The lowest BCUT2D eigenvalue weighted by Crippen LogP contribution is -2.31. The molecule has 134 valence electrons. The van der Waals surface area contributed by atoms with Crippen LogP contribution < -0.4 is 10.1 Å². The minimum Gasteiger partial charge on any atom is -0.504 e. The predicted molar refractivity (Wildman–Crippen MR) is 100 cm³/mol. The fourth-order valence-corrected chi connectivity index (χ4v) is 3.82. The van der Waals surface area contributed by atoms with Crippen LogP contribution in [0.4, 0.5) is 0 Å². The molecule has 4 rings (SSSR count). The Morgan fingerprint density at radius 1 is 1.31 bits per heavy atom. The van der Waals surface area contributed by atoms with Gasteiger partial charge < -0.3 is 20.1 Å². The van der Waals surface area contributed by atoms with Crippen molar-refractivity contribution in [3.63, 3.8) is 0 Å². The maximum absolute atomic E-state index is 12.8. The number of hydrogen-bond acceptors (Lipinski definition) is 3. The van der Waals surface area contributed by atoms with Crippen LogP contribution in [0.15, 0.2) is 42.5 Å². The lowest BCUT2D eigenvalue weighted by Gasteiger charge is -2.22. The number of ether oxygens (including phenoxy) is 1. The normalized spacial score (nSPS) is 16.3. The van der Waals surface area contributed by atoms with Crippen molar-refractivity contribution in [2.24, 2.45) is 0 Å². The number of nitrogens with one attached hydrogen (secondary N) is 2. The molecule has 0 saturated carbocycles. The topological polar surface area (TPSA) is 74.3 Å². The van der Waals surface area contributed by atoms with E-state index in [-0.39, 0.29) is 17.6 Å². The molecule has 1 unspecified atom stereocenters. The number of carbonyl (C=O) groups excluding carboxylic acids is 1. The molecule has 0 radical (unpaired) electrons. The zero-order chi connectivity index (χ0) is 18.1. The SMILES string of the molecule is COc1cc(CNC(=O)C2CCCc3c2[nH]c2ccccc32)ccc1O. The van der Waals surface area contributed by atoms with Crippen molar-refractivity contribution >= 4 is 16.8 Å². The second-order valence-corrected chi connectivity index (χ2v) is 6.73. The number of aromatic nitrogens is 1. The number of carbonyl (C=O) groups is 1. The Hall–Kier alpha value is -2.95. The van der Waals surface area contributed by atoms with Gasteiger partial charge in [0.1, 0.15) is 0 Å². The predicted octanol–water partition coefficient (Wildman–Crippen LogP) is 3.62. The number of aromatic hydroxyl groups is 1. The Morgan fingerprint density at radius 2 is 2.15 bits per heavy atom. The molecular weight excluding hydrogens is 328 g/mol. The highest BCUT2D eigenvalue weighted by Gasteiger charge is 2.29. The number of H-pyrrole nitrogens is 1. The van der Waals surface area contributed by atoms with Gasteiger partial charge in [-0.25, -0.2) is 0 Å². The number of rotatable bonds is 4. The van der Waals surface area contributed by atoms with Crippen molar-refractivity contribution in [2.45, 2.75) is 31.7 Å². The van der Waals surface area contributed by atoms with Crippen LogP contribution in [0.3, 0.4) is 0 Å². The zero-order valence-electron chi connectivity index (χ0n) is 14.7. The minimum absolute atomic E-state index is 0.0320. The van der Waals surface area contributed by atoms with Gasteiger partial charge in [-0.3, -0.25) is 4.79 Å². The van der Waals surface area contributed by atoms with Crippen molar-refractivity contribution in [3.05, 3.63) is 59.3 Å². The average molecular weight is 350 g/mol.